The van der Waals surface area contributed by atoms with Crippen molar-refractivity contribution in [1.82, 2.24) is 4.98 Å². The van der Waals surface area contributed by atoms with Crippen LogP contribution in [0, 0.1) is 17.8 Å². The largest absolute Gasteiger partial charge is 0.465 e. The SMILES string of the molecule is COC(=O)c1sc(NC(C)C2CC3CCC2C3)nc1Cl. The summed E-state index contributed by atoms with van der Waals surface area (Å²) in [6, 6.07) is 0.373. The molecule has 20 heavy (non-hydrogen) atoms. The number of fused-ring (bicyclic) bond motifs is 2. The molecule has 1 aromatic heterocycles. The lowest BCUT2D eigenvalue weighted by molar-refractivity contribution is 0.0606. The van der Waals surface area contributed by atoms with Gasteiger partial charge >= 0.3 is 5.97 Å². The number of esters is 1. The summed E-state index contributed by atoms with van der Waals surface area (Å²) in [6.45, 7) is 2.21. The Labute approximate surface area is 127 Å². The number of hydrogen-bond donors (Lipinski definition) is 1. The van der Waals surface area contributed by atoms with Crippen LogP contribution in [0.3, 0.4) is 0 Å². The zero-order valence-corrected chi connectivity index (χ0v) is 13.3. The van der Waals surface area contributed by atoms with E-state index in [0.717, 1.165) is 17.8 Å². The second kappa shape index (κ2) is 5.53. The predicted molar refractivity (Wildman–Crippen MR) is 80.5 cm³/mol. The second-order valence-electron chi connectivity index (χ2n) is 5.90. The molecular weight excluding hydrogens is 296 g/mol. The van der Waals surface area contributed by atoms with E-state index in [9.17, 15) is 4.79 Å². The van der Waals surface area contributed by atoms with Gasteiger partial charge in [-0.15, -0.1) is 0 Å². The number of anilines is 1. The molecule has 1 N–H and O–H groups in total. The molecule has 0 spiro atoms. The monoisotopic (exact) mass is 314 g/mol. The maximum atomic E-state index is 11.5. The van der Waals surface area contributed by atoms with Crippen LogP contribution >= 0.6 is 22.9 Å². The van der Waals surface area contributed by atoms with Crippen molar-refractivity contribution < 1.29 is 9.53 Å². The molecule has 0 saturated heterocycles. The summed E-state index contributed by atoms with van der Waals surface area (Å²) in [5, 5.41) is 4.36. The number of aromatic nitrogens is 1. The van der Waals surface area contributed by atoms with Gasteiger partial charge in [0, 0.05) is 6.04 Å². The van der Waals surface area contributed by atoms with Crippen molar-refractivity contribution in [1.29, 1.82) is 0 Å². The van der Waals surface area contributed by atoms with E-state index in [-0.39, 0.29) is 5.15 Å². The molecule has 1 aromatic rings. The molecule has 2 saturated carbocycles. The van der Waals surface area contributed by atoms with Gasteiger partial charge in [0.15, 0.2) is 15.2 Å². The Hall–Kier alpha value is -0.810. The highest BCUT2D eigenvalue weighted by Gasteiger charge is 2.42. The third-order valence-electron chi connectivity index (χ3n) is 4.74. The molecule has 3 rings (SSSR count). The van der Waals surface area contributed by atoms with Crippen molar-refractivity contribution in [3.8, 4) is 0 Å². The molecule has 0 aliphatic heterocycles. The molecule has 6 heteroatoms. The van der Waals surface area contributed by atoms with Gasteiger partial charge in [-0.1, -0.05) is 29.4 Å². The van der Waals surface area contributed by atoms with Gasteiger partial charge in [-0.3, -0.25) is 0 Å². The third-order valence-corrected chi connectivity index (χ3v) is 6.09. The fourth-order valence-corrected chi connectivity index (χ4v) is 4.99. The average Bonchev–Trinajstić information content (AvgIpc) is 3.13. The number of carbonyl (C=O) groups excluding carboxylic acids is 1. The van der Waals surface area contributed by atoms with Crippen LogP contribution in [0.15, 0.2) is 0 Å². The van der Waals surface area contributed by atoms with Crippen molar-refractivity contribution >= 4 is 34.0 Å². The fourth-order valence-electron chi connectivity index (χ4n) is 3.79. The molecule has 4 unspecified atom stereocenters. The average molecular weight is 315 g/mol. The van der Waals surface area contributed by atoms with Gasteiger partial charge in [0.1, 0.15) is 0 Å². The van der Waals surface area contributed by atoms with E-state index in [2.05, 4.69) is 17.2 Å². The summed E-state index contributed by atoms with van der Waals surface area (Å²) in [5.74, 6) is 2.09. The van der Waals surface area contributed by atoms with E-state index in [1.165, 1.54) is 44.1 Å². The van der Waals surface area contributed by atoms with Gasteiger partial charge in [0.25, 0.3) is 0 Å². The summed E-state index contributed by atoms with van der Waals surface area (Å²) in [7, 11) is 1.35. The van der Waals surface area contributed by atoms with E-state index < -0.39 is 5.97 Å². The van der Waals surface area contributed by atoms with Crippen molar-refractivity contribution in [2.45, 2.75) is 38.6 Å². The first-order chi connectivity index (χ1) is 9.58. The van der Waals surface area contributed by atoms with Crippen molar-refractivity contribution in [2.75, 3.05) is 12.4 Å². The Morgan fingerprint density at radius 1 is 1.50 bits per heavy atom. The Morgan fingerprint density at radius 3 is 2.90 bits per heavy atom. The van der Waals surface area contributed by atoms with Crippen LogP contribution in [0.1, 0.15) is 42.3 Å². The summed E-state index contributed by atoms with van der Waals surface area (Å²) >= 11 is 7.25. The van der Waals surface area contributed by atoms with Gasteiger partial charge in [-0.25, -0.2) is 9.78 Å². The number of halogens is 1. The van der Waals surface area contributed by atoms with E-state index in [1.807, 2.05) is 0 Å². The molecule has 0 radical (unpaired) electrons. The normalized spacial score (nSPS) is 29.4. The molecule has 2 bridgehead atoms. The third kappa shape index (κ3) is 2.53. The number of rotatable bonds is 4. The molecule has 4 atom stereocenters. The van der Waals surface area contributed by atoms with E-state index in [1.54, 1.807) is 0 Å². The van der Waals surface area contributed by atoms with Crippen molar-refractivity contribution in [3.05, 3.63) is 10.0 Å². The quantitative estimate of drug-likeness (QED) is 0.858. The fraction of sp³-hybridized carbons (Fsp3) is 0.714. The molecule has 0 amide bonds. The first-order valence-corrected chi connectivity index (χ1v) is 8.29. The lowest BCUT2D eigenvalue weighted by Gasteiger charge is -2.28. The molecule has 4 nitrogen and oxygen atoms in total. The van der Waals surface area contributed by atoms with Gasteiger partial charge in [-0.05, 0) is 43.9 Å². The molecule has 2 aliphatic rings. The van der Waals surface area contributed by atoms with Crippen LogP contribution in [0.25, 0.3) is 0 Å². The molecule has 0 aromatic carbocycles. The molecule has 110 valence electrons. The highest BCUT2D eigenvalue weighted by atomic mass is 35.5. The van der Waals surface area contributed by atoms with Crippen LogP contribution in [0.5, 0.6) is 0 Å². The number of nitrogens with zero attached hydrogens (tertiary/aromatic N) is 1. The topological polar surface area (TPSA) is 51.2 Å². The van der Waals surface area contributed by atoms with Gasteiger partial charge < -0.3 is 10.1 Å². The summed E-state index contributed by atoms with van der Waals surface area (Å²) in [4.78, 5) is 16.1. The first-order valence-electron chi connectivity index (χ1n) is 7.09. The Bertz CT molecular complexity index is 519. The van der Waals surface area contributed by atoms with E-state index in [4.69, 9.17) is 16.3 Å². The van der Waals surface area contributed by atoms with Gasteiger partial charge in [0.2, 0.25) is 0 Å². The maximum Gasteiger partial charge on any atom is 0.351 e. The van der Waals surface area contributed by atoms with E-state index >= 15 is 0 Å². The summed E-state index contributed by atoms with van der Waals surface area (Å²) in [6.07, 6.45) is 5.49. The second-order valence-corrected chi connectivity index (χ2v) is 7.26. The number of nitrogens with one attached hydrogen (secondary N) is 1. The van der Waals surface area contributed by atoms with E-state index in [0.29, 0.717) is 16.1 Å². The smallest absolute Gasteiger partial charge is 0.351 e. The highest BCUT2D eigenvalue weighted by Crippen LogP contribution is 2.50. The number of methoxy groups -OCH3 is 1. The molecule has 2 aliphatic carbocycles. The highest BCUT2D eigenvalue weighted by molar-refractivity contribution is 7.18. The van der Waals surface area contributed by atoms with Crippen molar-refractivity contribution in [3.63, 3.8) is 0 Å². The van der Waals surface area contributed by atoms with Crippen LogP contribution in [-0.2, 0) is 4.74 Å². The zero-order chi connectivity index (χ0) is 14.3. The van der Waals surface area contributed by atoms with Crippen LogP contribution in [-0.4, -0.2) is 24.1 Å². The molecular formula is C14H19ClN2O2S. The number of hydrogen-bond acceptors (Lipinski definition) is 5. The minimum absolute atomic E-state index is 0.226. The molecule has 1 heterocycles. The number of carbonyl (C=O) groups is 1. The minimum atomic E-state index is -0.423. The first kappa shape index (κ1) is 14.1. The van der Waals surface area contributed by atoms with Crippen LogP contribution < -0.4 is 5.32 Å². The summed E-state index contributed by atoms with van der Waals surface area (Å²) < 4.78 is 4.69. The van der Waals surface area contributed by atoms with Crippen LogP contribution in [0.2, 0.25) is 5.15 Å². The number of thiazole rings is 1. The molecule has 2 fully saturated rings. The lowest BCUT2D eigenvalue weighted by Crippen LogP contribution is -2.29. The zero-order valence-electron chi connectivity index (χ0n) is 11.7. The Balaban J connectivity index is 1.67. The van der Waals surface area contributed by atoms with Gasteiger partial charge in [0.05, 0.1) is 7.11 Å². The van der Waals surface area contributed by atoms with Crippen LogP contribution in [0.4, 0.5) is 5.13 Å². The standard InChI is InChI=1S/C14H19ClN2O2S/c1-7(10-6-8-3-4-9(10)5-8)16-14-17-12(15)11(20-14)13(18)19-2/h7-10H,3-6H2,1-2H3,(H,16,17). The number of ether oxygens (including phenoxy) is 1. The summed E-state index contributed by atoms with van der Waals surface area (Å²) in [5.41, 5.74) is 0. The maximum absolute atomic E-state index is 11.5. The van der Waals surface area contributed by atoms with Crippen molar-refractivity contribution in [2.24, 2.45) is 17.8 Å². The predicted octanol–water partition coefficient (Wildman–Crippen LogP) is 3.82. The minimum Gasteiger partial charge on any atom is -0.465 e. The van der Waals surface area contributed by atoms with Gasteiger partial charge in [-0.2, -0.15) is 0 Å². The lowest BCUT2D eigenvalue weighted by atomic mass is 9.84. The Kier molecular flexibility index (Phi) is 3.91. The Morgan fingerprint density at radius 2 is 2.30 bits per heavy atom.